The second-order valence-corrected chi connectivity index (χ2v) is 5.95. The minimum absolute atomic E-state index is 0.868. The van der Waals surface area contributed by atoms with E-state index in [4.69, 9.17) is 0 Å². The first-order valence-electron chi connectivity index (χ1n) is 7.78. The number of hydrogen-bond acceptors (Lipinski definition) is 0. The van der Waals surface area contributed by atoms with Gasteiger partial charge < -0.3 is 0 Å². The topological polar surface area (TPSA) is 0 Å². The molecule has 18 heavy (non-hydrogen) atoms. The van der Waals surface area contributed by atoms with E-state index in [9.17, 15) is 0 Å². The molecular formula is C18H28. The lowest BCUT2D eigenvalue weighted by Crippen LogP contribution is -2.23. The van der Waals surface area contributed by atoms with Gasteiger partial charge in [0.25, 0.3) is 0 Å². The summed E-state index contributed by atoms with van der Waals surface area (Å²) in [4.78, 5) is 0. The highest BCUT2D eigenvalue weighted by Crippen LogP contribution is 2.43. The Kier molecular flexibility index (Phi) is 5.53. The van der Waals surface area contributed by atoms with E-state index in [2.05, 4.69) is 38.2 Å². The number of rotatable bonds is 3. The molecule has 2 radical (unpaired) electrons. The van der Waals surface area contributed by atoms with Crippen molar-refractivity contribution in [1.82, 2.24) is 0 Å². The van der Waals surface area contributed by atoms with Gasteiger partial charge in [0, 0.05) is 0 Å². The maximum absolute atomic E-state index is 2.41. The maximum Gasteiger partial charge on any atom is -0.00272 e. The van der Waals surface area contributed by atoms with Crippen molar-refractivity contribution in [3.05, 3.63) is 36.1 Å². The Morgan fingerprint density at radius 2 is 1.50 bits per heavy atom. The van der Waals surface area contributed by atoms with Crippen LogP contribution in [0, 0.1) is 23.7 Å². The molecule has 0 saturated heterocycles. The van der Waals surface area contributed by atoms with Gasteiger partial charge in [-0.25, -0.2) is 0 Å². The van der Waals surface area contributed by atoms with Gasteiger partial charge in [-0.2, -0.15) is 0 Å². The average Bonchev–Trinajstić information content (AvgIpc) is 2.41. The molecule has 0 nitrogen and oxygen atoms in total. The molecule has 2 saturated carbocycles. The molecule has 100 valence electrons. The molecule has 0 atom stereocenters. The molecule has 0 heteroatoms. The van der Waals surface area contributed by atoms with Crippen LogP contribution in [0.25, 0.3) is 0 Å². The molecular weight excluding hydrogens is 216 g/mol. The van der Waals surface area contributed by atoms with Crippen molar-refractivity contribution in [2.45, 2.75) is 65.2 Å². The summed E-state index contributed by atoms with van der Waals surface area (Å²) < 4.78 is 0. The van der Waals surface area contributed by atoms with Crippen LogP contribution in [0.3, 0.4) is 0 Å². The van der Waals surface area contributed by atoms with Crippen molar-refractivity contribution >= 4 is 0 Å². The van der Waals surface area contributed by atoms with Crippen molar-refractivity contribution < 1.29 is 0 Å². The molecule has 0 unspecified atom stereocenters. The summed E-state index contributed by atoms with van der Waals surface area (Å²) in [6.45, 7) is 4.29. The van der Waals surface area contributed by atoms with Crippen molar-refractivity contribution in [3.63, 3.8) is 0 Å². The molecule has 2 rings (SSSR count). The van der Waals surface area contributed by atoms with Crippen LogP contribution in [0.15, 0.2) is 24.3 Å². The Morgan fingerprint density at radius 3 is 2.06 bits per heavy atom. The lowest BCUT2D eigenvalue weighted by molar-refractivity contribution is 0.320. The van der Waals surface area contributed by atoms with Crippen LogP contribution >= 0.6 is 0 Å². The molecule has 2 fully saturated rings. The van der Waals surface area contributed by atoms with Gasteiger partial charge in [0.15, 0.2) is 0 Å². The monoisotopic (exact) mass is 244 g/mol. The maximum atomic E-state index is 2.41. The lowest BCUT2D eigenvalue weighted by atomic mass is 9.69. The summed E-state index contributed by atoms with van der Waals surface area (Å²) in [6.07, 6.45) is 20.3. The highest BCUT2D eigenvalue weighted by molar-refractivity contribution is 5.14. The summed E-state index contributed by atoms with van der Waals surface area (Å²) in [5, 5.41) is 0. The molecule has 2 aliphatic carbocycles. The smallest absolute Gasteiger partial charge is 0.00272 e. The molecule has 0 heterocycles. The zero-order valence-corrected chi connectivity index (χ0v) is 12.1. The van der Waals surface area contributed by atoms with Crippen LogP contribution in [0.1, 0.15) is 65.2 Å². The predicted molar refractivity (Wildman–Crippen MR) is 80.0 cm³/mol. The van der Waals surface area contributed by atoms with Crippen molar-refractivity contribution in [2.24, 2.45) is 11.8 Å². The average molecular weight is 244 g/mol. The Balaban J connectivity index is 1.74. The molecule has 0 amide bonds. The van der Waals surface area contributed by atoms with Gasteiger partial charge in [0.1, 0.15) is 0 Å². The summed E-state index contributed by atoms with van der Waals surface area (Å²) in [7, 11) is 0. The highest BCUT2D eigenvalue weighted by atomic mass is 14.3. The Labute approximate surface area is 114 Å². The summed E-state index contributed by atoms with van der Waals surface area (Å²) in [5.74, 6) is 5.39. The van der Waals surface area contributed by atoms with E-state index < -0.39 is 0 Å². The van der Waals surface area contributed by atoms with Crippen molar-refractivity contribution in [2.75, 3.05) is 0 Å². The normalized spacial score (nSPS) is 26.6. The third kappa shape index (κ3) is 3.73. The molecule has 0 aromatic heterocycles. The van der Waals surface area contributed by atoms with E-state index in [1.807, 2.05) is 5.92 Å². The molecule has 0 aromatic carbocycles. The van der Waals surface area contributed by atoms with Gasteiger partial charge in [0.2, 0.25) is 0 Å². The van der Waals surface area contributed by atoms with Gasteiger partial charge in [-0.3, -0.25) is 0 Å². The summed E-state index contributed by atoms with van der Waals surface area (Å²) in [5.41, 5.74) is 0. The molecule has 0 aromatic rings. The van der Waals surface area contributed by atoms with E-state index >= 15 is 0 Å². The van der Waals surface area contributed by atoms with Crippen LogP contribution in [0.4, 0.5) is 0 Å². The SMILES string of the molecule is C/C=C/[C]1CCC([C]2CCC(/C=C/C)CC2)CC1. The van der Waals surface area contributed by atoms with Gasteiger partial charge >= 0.3 is 0 Å². The third-order valence-electron chi connectivity index (χ3n) is 4.74. The van der Waals surface area contributed by atoms with Crippen LogP contribution in [-0.2, 0) is 0 Å². The minimum atomic E-state index is 0.868. The fourth-order valence-electron chi connectivity index (χ4n) is 3.68. The number of hydrogen-bond donors (Lipinski definition) is 0. The van der Waals surface area contributed by atoms with Crippen LogP contribution in [-0.4, -0.2) is 0 Å². The number of allylic oxidation sites excluding steroid dienone is 4. The molecule has 2 aliphatic rings. The van der Waals surface area contributed by atoms with Crippen LogP contribution < -0.4 is 0 Å². The zero-order valence-electron chi connectivity index (χ0n) is 12.1. The van der Waals surface area contributed by atoms with Gasteiger partial charge in [-0.05, 0) is 88.9 Å². The van der Waals surface area contributed by atoms with Gasteiger partial charge in [-0.15, -0.1) is 0 Å². The van der Waals surface area contributed by atoms with E-state index in [1.54, 1.807) is 5.92 Å². The quantitative estimate of drug-likeness (QED) is 0.561. The standard InChI is InChI=1S/C18H28/c1-3-5-15-7-11-17(12-8-15)18-13-9-16(6-4-2)10-14-18/h3-6,15,18H,7-14H2,1-2H3/b5-3+,6-4+. The molecule has 0 spiro atoms. The zero-order chi connectivity index (χ0) is 12.8. The third-order valence-corrected chi connectivity index (χ3v) is 4.74. The highest BCUT2D eigenvalue weighted by Gasteiger charge is 2.30. The Bertz CT molecular complexity index is 240. The second-order valence-electron chi connectivity index (χ2n) is 5.95. The van der Waals surface area contributed by atoms with Crippen molar-refractivity contribution in [1.29, 1.82) is 0 Å². The predicted octanol–water partition coefficient (Wildman–Crippen LogP) is 5.67. The molecule has 0 N–H and O–H groups in total. The van der Waals surface area contributed by atoms with E-state index in [0.717, 1.165) is 11.8 Å². The van der Waals surface area contributed by atoms with Crippen LogP contribution in [0.5, 0.6) is 0 Å². The largest absolute Gasteiger partial charge is 0.0914 e. The molecule has 0 aliphatic heterocycles. The van der Waals surface area contributed by atoms with Gasteiger partial charge in [0.05, 0.1) is 0 Å². The van der Waals surface area contributed by atoms with E-state index in [-0.39, 0.29) is 0 Å². The van der Waals surface area contributed by atoms with Gasteiger partial charge in [-0.1, -0.05) is 24.3 Å². The van der Waals surface area contributed by atoms with E-state index in [1.165, 1.54) is 51.4 Å². The minimum Gasteiger partial charge on any atom is -0.0914 e. The van der Waals surface area contributed by atoms with E-state index in [0.29, 0.717) is 0 Å². The van der Waals surface area contributed by atoms with Crippen molar-refractivity contribution in [3.8, 4) is 0 Å². The van der Waals surface area contributed by atoms with Crippen LogP contribution in [0.2, 0.25) is 0 Å². The first-order valence-corrected chi connectivity index (χ1v) is 7.78. The summed E-state index contributed by atoms with van der Waals surface area (Å²) >= 11 is 0. The molecule has 0 bridgehead atoms. The summed E-state index contributed by atoms with van der Waals surface area (Å²) in [6, 6.07) is 0. The first-order chi connectivity index (χ1) is 8.83. The Hall–Kier alpha value is -0.520. The fraction of sp³-hybridized carbons (Fsp3) is 0.667. The Morgan fingerprint density at radius 1 is 0.833 bits per heavy atom. The fourth-order valence-corrected chi connectivity index (χ4v) is 3.68. The second kappa shape index (κ2) is 7.16. The lowest BCUT2D eigenvalue weighted by Gasteiger charge is -2.36. The first kappa shape index (κ1) is 13.9.